The standard InChI is InChI=1S/C21H22F2N6O4S/c1-14-25-26-27-29(14)19(12-15-2-4-16(22)5-3-15)21(30)24-17-6-7-18(23)20(13-17)34(31,32)28-8-10-33-11-9-28/h2-7,13,19H,8-12H2,1H3,(H,24,30). The first-order valence-corrected chi connectivity index (χ1v) is 11.9. The van der Waals surface area contributed by atoms with Crippen LogP contribution in [0.25, 0.3) is 0 Å². The van der Waals surface area contributed by atoms with Gasteiger partial charge in [-0.1, -0.05) is 12.1 Å². The number of nitrogens with zero attached hydrogens (tertiary/aromatic N) is 5. The van der Waals surface area contributed by atoms with Gasteiger partial charge in [-0.05, 0) is 53.2 Å². The Balaban J connectivity index is 1.61. The normalized spacial score (nSPS) is 15.7. The van der Waals surface area contributed by atoms with Gasteiger partial charge in [0.1, 0.15) is 28.4 Å². The Kier molecular flexibility index (Phi) is 6.95. The molecular formula is C21H22F2N6O4S. The molecule has 0 spiro atoms. The summed E-state index contributed by atoms with van der Waals surface area (Å²) in [6.07, 6.45) is 0.137. The van der Waals surface area contributed by atoms with E-state index in [2.05, 4.69) is 20.8 Å². The highest BCUT2D eigenvalue weighted by Crippen LogP contribution is 2.25. The van der Waals surface area contributed by atoms with Crippen LogP contribution in [-0.2, 0) is 26.0 Å². The van der Waals surface area contributed by atoms with Crippen LogP contribution in [0, 0.1) is 18.6 Å². The lowest BCUT2D eigenvalue weighted by molar-refractivity contribution is -0.119. The van der Waals surface area contributed by atoms with Gasteiger partial charge in [0.05, 0.1) is 13.2 Å². The number of nitrogens with one attached hydrogen (secondary N) is 1. The maximum Gasteiger partial charge on any atom is 0.249 e. The topological polar surface area (TPSA) is 119 Å². The monoisotopic (exact) mass is 492 g/mol. The molecule has 1 fully saturated rings. The van der Waals surface area contributed by atoms with Gasteiger partial charge in [0.2, 0.25) is 15.9 Å². The van der Waals surface area contributed by atoms with Gasteiger partial charge in [-0.3, -0.25) is 4.79 Å². The molecule has 2 aromatic carbocycles. The second-order valence-corrected chi connectivity index (χ2v) is 9.57. The molecule has 2 heterocycles. The molecule has 180 valence electrons. The first kappa shape index (κ1) is 23.9. The zero-order chi connectivity index (χ0) is 24.3. The Morgan fingerprint density at radius 1 is 1.15 bits per heavy atom. The maximum absolute atomic E-state index is 14.5. The van der Waals surface area contributed by atoms with E-state index in [-0.39, 0.29) is 38.4 Å². The summed E-state index contributed by atoms with van der Waals surface area (Å²) in [5, 5.41) is 13.9. The molecule has 3 aromatic rings. The van der Waals surface area contributed by atoms with E-state index in [0.29, 0.717) is 11.4 Å². The SMILES string of the molecule is Cc1nnnn1C(Cc1ccc(F)cc1)C(=O)Nc1ccc(F)c(S(=O)(=O)N2CCOCC2)c1. The number of hydrogen-bond donors (Lipinski definition) is 1. The number of rotatable bonds is 7. The van der Waals surface area contributed by atoms with Crippen LogP contribution in [0.3, 0.4) is 0 Å². The fourth-order valence-electron chi connectivity index (χ4n) is 3.59. The van der Waals surface area contributed by atoms with Crippen molar-refractivity contribution in [3.63, 3.8) is 0 Å². The third kappa shape index (κ3) is 5.11. The highest BCUT2D eigenvalue weighted by atomic mass is 32.2. The van der Waals surface area contributed by atoms with Crippen molar-refractivity contribution in [3.8, 4) is 0 Å². The highest BCUT2D eigenvalue weighted by molar-refractivity contribution is 7.89. The number of tetrazole rings is 1. The Hall–Kier alpha value is -3.29. The van der Waals surface area contributed by atoms with Crippen molar-refractivity contribution in [2.45, 2.75) is 24.3 Å². The van der Waals surface area contributed by atoms with Crippen LogP contribution in [0.15, 0.2) is 47.4 Å². The zero-order valence-corrected chi connectivity index (χ0v) is 19.0. The van der Waals surface area contributed by atoms with E-state index >= 15 is 0 Å². The Morgan fingerprint density at radius 2 is 1.85 bits per heavy atom. The van der Waals surface area contributed by atoms with E-state index in [1.807, 2.05) is 0 Å². The van der Waals surface area contributed by atoms with Crippen LogP contribution in [0.5, 0.6) is 0 Å². The summed E-state index contributed by atoms with van der Waals surface area (Å²) >= 11 is 0. The van der Waals surface area contributed by atoms with Gasteiger partial charge in [0.15, 0.2) is 0 Å². The van der Waals surface area contributed by atoms with Crippen molar-refractivity contribution in [3.05, 3.63) is 65.5 Å². The van der Waals surface area contributed by atoms with Gasteiger partial charge < -0.3 is 10.1 Å². The fourth-order valence-corrected chi connectivity index (χ4v) is 5.09. The molecule has 0 saturated carbocycles. The first-order valence-electron chi connectivity index (χ1n) is 10.4. The van der Waals surface area contributed by atoms with Gasteiger partial charge in [-0.25, -0.2) is 21.9 Å². The second kappa shape index (κ2) is 9.91. The summed E-state index contributed by atoms with van der Waals surface area (Å²) in [5.74, 6) is -1.52. The summed E-state index contributed by atoms with van der Waals surface area (Å²) < 4.78 is 61.3. The van der Waals surface area contributed by atoms with E-state index in [4.69, 9.17) is 4.74 Å². The first-order chi connectivity index (χ1) is 16.3. The zero-order valence-electron chi connectivity index (χ0n) is 18.2. The van der Waals surface area contributed by atoms with Crippen molar-refractivity contribution in [2.75, 3.05) is 31.6 Å². The molecule has 1 saturated heterocycles. The lowest BCUT2D eigenvalue weighted by atomic mass is 10.0. The molecule has 1 unspecified atom stereocenters. The van der Waals surface area contributed by atoms with Gasteiger partial charge in [0.25, 0.3) is 0 Å². The molecule has 34 heavy (non-hydrogen) atoms. The minimum atomic E-state index is -4.12. The lowest BCUT2D eigenvalue weighted by Crippen LogP contribution is -2.41. The van der Waals surface area contributed by atoms with Crippen LogP contribution in [0.1, 0.15) is 17.4 Å². The molecule has 10 nitrogen and oxygen atoms in total. The number of aryl methyl sites for hydroxylation is 1. The van der Waals surface area contributed by atoms with Crippen molar-refractivity contribution in [2.24, 2.45) is 0 Å². The Morgan fingerprint density at radius 3 is 2.50 bits per heavy atom. The Labute approximate surface area is 194 Å². The summed E-state index contributed by atoms with van der Waals surface area (Å²) in [5.41, 5.74) is 0.749. The minimum absolute atomic E-state index is 0.0908. The quantitative estimate of drug-likeness (QED) is 0.533. The number of morpholine rings is 1. The van der Waals surface area contributed by atoms with Crippen LogP contribution in [0.2, 0.25) is 0 Å². The van der Waals surface area contributed by atoms with Gasteiger partial charge >= 0.3 is 0 Å². The van der Waals surface area contributed by atoms with E-state index in [0.717, 1.165) is 16.4 Å². The molecular weight excluding hydrogens is 470 g/mol. The number of halogens is 2. The number of sulfonamides is 1. The predicted molar refractivity (Wildman–Crippen MR) is 116 cm³/mol. The van der Waals surface area contributed by atoms with Crippen LogP contribution >= 0.6 is 0 Å². The summed E-state index contributed by atoms with van der Waals surface area (Å²) in [7, 11) is -4.12. The van der Waals surface area contributed by atoms with Crippen LogP contribution in [0.4, 0.5) is 14.5 Å². The van der Waals surface area contributed by atoms with Gasteiger partial charge in [0, 0.05) is 25.2 Å². The van der Waals surface area contributed by atoms with Crippen LogP contribution in [-0.4, -0.2) is 65.1 Å². The number of amides is 1. The molecule has 4 rings (SSSR count). The molecule has 1 amide bonds. The van der Waals surface area contributed by atoms with Crippen LogP contribution < -0.4 is 5.32 Å². The average Bonchev–Trinajstić information content (AvgIpc) is 3.25. The molecule has 1 N–H and O–H groups in total. The van der Waals surface area contributed by atoms with Crippen molar-refractivity contribution in [1.29, 1.82) is 0 Å². The number of carbonyl (C=O) groups excluding carboxylic acids is 1. The third-order valence-electron chi connectivity index (χ3n) is 5.38. The molecule has 1 aromatic heterocycles. The largest absolute Gasteiger partial charge is 0.379 e. The molecule has 0 radical (unpaired) electrons. The number of hydrogen-bond acceptors (Lipinski definition) is 7. The van der Waals surface area contributed by atoms with E-state index in [1.54, 1.807) is 19.1 Å². The van der Waals surface area contributed by atoms with Gasteiger partial charge in [-0.15, -0.1) is 5.10 Å². The maximum atomic E-state index is 14.5. The number of aromatic nitrogens is 4. The van der Waals surface area contributed by atoms with E-state index in [9.17, 15) is 22.0 Å². The lowest BCUT2D eigenvalue weighted by Gasteiger charge is -2.26. The third-order valence-corrected chi connectivity index (χ3v) is 7.30. The molecule has 1 aliphatic heterocycles. The van der Waals surface area contributed by atoms with E-state index in [1.165, 1.54) is 22.9 Å². The number of ether oxygens (including phenoxy) is 1. The summed E-state index contributed by atoms with van der Waals surface area (Å²) in [4.78, 5) is 12.7. The van der Waals surface area contributed by atoms with E-state index < -0.39 is 38.5 Å². The summed E-state index contributed by atoms with van der Waals surface area (Å²) in [6.45, 7) is 2.27. The highest BCUT2D eigenvalue weighted by Gasteiger charge is 2.30. The average molecular weight is 493 g/mol. The number of benzene rings is 2. The smallest absolute Gasteiger partial charge is 0.249 e. The molecule has 0 aliphatic carbocycles. The Bertz CT molecular complexity index is 1280. The predicted octanol–water partition coefficient (Wildman–Crippen LogP) is 1.70. The molecule has 1 aliphatic rings. The fraction of sp³-hybridized carbons (Fsp3) is 0.333. The van der Waals surface area contributed by atoms with Crippen molar-refractivity contribution < 1.29 is 26.7 Å². The van der Waals surface area contributed by atoms with Crippen molar-refractivity contribution in [1.82, 2.24) is 24.5 Å². The van der Waals surface area contributed by atoms with Gasteiger partial charge in [-0.2, -0.15) is 4.31 Å². The minimum Gasteiger partial charge on any atom is -0.379 e. The molecule has 13 heteroatoms. The van der Waals surface area contributed by atoms with Crippen molar-refractivity contribution >= 4 is 21.6 Å². The number of carbonyl (C=O) groups is 1. The number of anilines is 1. The molecule has 1 atom stereocenters. The summed E-state index contributed by atoms with van der Waals surface area (Å²) in [6, 6.07) is 8.05. The second-order valence-electron chi connectivity index (χ2n) is 7.67. The molecule has 0 bridgehead atoms.